The molecule has 8 heteroatoms. The van der Waals surface area contributed by atoms with E-state index in [9.17, 15) is 20.0 Å². The monoisotopic (exact) mass is 474 g/mol. The minimum Gasteiger partial charge on any atom is -0.490 e. The van der Waals surface area contributed by atoms with Crippen LogP contribution >= 0.6 is 0 Å². The van der Waals surface area contributed by atoms with Crippen LogP contribution < -0.4 is 10.1 Å². The molecule has 0 aliphatic heterocycles. The van der Waals surface area contributed by atoms with Gasteiger partial charge in [0, 0.05) is 43.9 Å². The number of amides is 1. The number of aromatic nitrogens is 2. The van der Waals surface area contributed by atoms with Gasteiger partial charge < -0.3 is 19.7 Å². The van der Waals surface area contributed by atoms with Gasteiger partial charge in [-0.15, -0.1) is 0 Å². The minimum atomic E-state index is -0.321. The van der Waals surface area contributed by atoms with Gasteiger partial charge in [0.05, 0.1) is 17.4 Å². The Morgan fingerprint density at radius 1 is 1.20 bits per heavy atom. The molecule has 1 aromatic heterocycles. The number of aliphatic hydroxyl groups is 1. The summed E-state index contributed by atoms with van der Waals surface area (Å²) in [5.41, 5.74) is 3.22. The zero-order valence-electron chi connectivity index (χ0n) is 20.4. The van der Waals surface area contributed by atoms with Gasteiger partial charge in [0.1, 0.15) is 11.8 Å². The second-order valence-electron chi connectivity index (χ2n) is 8.69. The van der Waals surface area contributed by atoms with E-state index in [0.29, 0.717) is 41.2 Å². The summed E-state index contributed by atoms with van der Waals surface area (Å²) in [6.07, 6.45) is 2.63. The van der Waals surface area contributed by atoms with Crippen molar-refractivity contribution in [1.29, 1.82) is 5.26 Å². The highest BCUT2D eigenvalue weighted by atomic mass is 16.5. The lowest BCUT2D eigenvalue weighted by Gasteiger charge is -2.19. The van der Waals surface area contributed by atoms with Gasteiger partial charge in [0.2, 0.25) is 0 Å². The van der Waals surface area contributed by atoms with Crippen LogP contribution in [0.4, 0.5) is 0 Å². The topological polar surface area (TPSA) is 117 Å². The molecule has 0 spiro atoms. The zero-order valence-corrected chi connectivity index (χ0v) is 20.4. The van der Waals surface area contributed by atoms with Crippen LogP contribution in [-0.2, 0) is 13.5 Å². The van der Waals surface area contributed by atoms with Crippen molar-refractivity contribution in [3.63, 3.8) is 0 Å². The highest BCUT2D eigenvalue weighted by Crippen LogP contribution is 2.22. The molecule has 1 unspecified atom stereocenters. The normalized spacial score (nSPS) is 11.7. The second kappa shape index (κ2) is 11.4. The lowest BCUT2D eigenvalue weighted by Crippen LogP contribution is -2.37. The number of aliphatic hydroxyl groups excluding tert-OH is 1. The standard InChI is InChI=1S/C27H30N4O4/c1-17(2)35-25-10-9-21(14-22(25)15-28)27(34)29-23(11-12-32)13-19-5-7-20(8-6-19)24-16-31(4)26(30-24)18(3)33/h5-10,14,16-17,23,32H,11-13H2,1-4H3,(H,29,34). The van der Waals surface area contributed by atoms with Crippen LogP contribution in [0.2, 0.25) is 0 Å². The zero-order chi connectivity index (χ0) is 25.5. The number of carbonyl (C=O) groups excluding carboxylic acids is 2. The summed E-state index contributed by atoms with van der Waals surface area (Å²) in [5, 5.41) is 21.9. The predicted molar refractivity (Wildman–Crippen MR) is 132 cm³/mol. The Hall–Kier alpha value is -3.96. The number of nitrogens with one attached hydrogen (secondary N) is 1. The molecule has 0 radical (unpaired) electrons. The summed E-state index contributed by atoms with van der Waals surface area (Å²) < 4.78 is 7.33. The number of Topliss-reactive ketones (excluding diaryl/α,β-unsaturated/α-hetero) is 1. The second-order valence-corrected chi connectivity index (χ2v) is 8.69. The summed E-state index contributed by atoms with van der Waals surface area (Å²) in [4.78, 5) is 28.9. The number of benzene rings is 2. The van der Waals surface area contributed by atoms with Gasteiger partial charge in [-0.25, -0.2) is 4.98 Å². The number of rotatable bonds is 10. The fourth-order valence-corrected chi connectivity index (χ4v) is 3.79. The molecule has 3 aromatic rings. The molecule has 1 amide bonds. The van der Waals surface area contributed by atoms with Crippen molar-refractivity contribution in [3.05, 3.63) is 71.2 Å². The highest BCUT2D eigenvalue weighted by Gasteiger charge is 2.17. The van der Waals surface area contributed by atoms with E-state index in [0.717, 1.165) is 11.1 Å². The van der Waals surface area contributed by atoms with E-state index in [4.69, 9.17) is 4.74 Å². The third kappa shape index (κ3) is 6.55. The molecule has 1 heterocycles. The van der Waals surface area contributed by atoms with Crippen LogP contribution in [0.25, 0.3) is 11.3 Å². The third-order valence-electron chi connectivity index (χ3n) is 5.46. The molecule has 182 valence electrons. The molecule has 1 atom stereocenters. The number of hydrogen-bond acceptors (Lipinski definition) is 6. The molecular weight excluding hydrogens is 444 g/mol. The quantitative estimate of drug-likeness (QED) is 0.433. The first kappa shape index (κ1) is 25.7. The van der Waals surface area contributed by atoms with Gasteiger partial charge >= 0.3 is 0 Å². The summed E-state index contributed by atoms with van der Waals surface area (Å²) in [7, 11) is 1.79. The van der Waals surface area contributed by atoms with Crippen LogP contribution in [0.3, 0.4) is 0 Å². The molecule has 2 N–H and O–H groups in total. The van der Waals surface area contributed by atoms with Crippen molar-refractivity contribution >= 4 is 11.7 Å². The van der Waals surface area contributed by atoms with Gasteiger partial charge in [-0.1, -0.05) is 24.3 Å². The number of nitriles is 1. The number of carbonyl (C=O) groups is 2. The fourth-order valence-electron chi connectivity index (χ4n) is 3.79. The Labute approximate surface area is 205 Å². The minimum absolute atomic E-state index is 0.0740. The average molecular weight is 475 g/mol. The van der Waals surface area contributed by atoms with Crippen molar-refractivity contribution in [2.45, 2.75) is 45.8 Å². The van der Waals surface area contributed by atoms with Gasteiger partial charge in [-0.05, 0) is 50.5 Å². The summed E-state index contributed by atoms with van der Waals surface area (Å²) >= 11 is 0. The Morgan fingerprint density at radius 2 is 1.91 bits per heavy atom. The van der Waals surface area contributed by atoms with E-state index in [2.05, 4.69) is 16.4 Å². The Morgan fingerprint density at radius 3 is 2.49 bits per heavy atom. The van der Waals surface area contributed by atoms with E-state index in [1.807, 2.05) is 44.3 Å². The van der Waals surface area contributed by atoms with Crippen molar-refractivity contribution in [3.8, 4) is 23.1 Å². The number of nitrogens with zero attached hydrogens (tertiary/aromatic N) is 3. The number of imidazole rings is 1. The number of aryl methyl sites for hydroxylation is 1. The number of ether oxygens (including phenoxy) is 1. The summed E-state index contributed by atoms with van der Waals surface area (Å²) in [6.45, 7) is 5.15. The molecule has 0 aliphatic carbocycles. The molecule has 3 rings (SSSR count). The fraction of sp³-hybridized carbons (Fsp3) is 0.333. The molecule has 0 fully saturated rings. The first-order valence-corrected chi connectivity index (χ1v) is 11.5. The van der Waals surface area contributed by atoms with Gasteiger partial charge in [-0.3, -0.25) is 9.59 Å². The van der Waals surface area contributed by atoms with E-state index in [1.54, 1.807) is 23.7 Å². The molecule has 0 aliphatic rings. The molecule has 35 heavy (non-hydrogen) atoms. The van der Waals surface area contributed by atoms with Crippen LogP contribution in [0.15, 0.2) is 48.7 Å². The van der Waals surface area contributed by atoms with E-state index in [-0.39, 0.29) is 30.4 Å². The Kier molecular flexibility index (Phi) is 8.39. The summed E-state index contributed by atoms with van der Waals surface area (Å²) in [6, 6.07) is 14.3. The predicted octanol–water partition coefficient (Wildman–Crippen LogP) is 3.67. The summed E-state index contributed by atoms with van der Waals surface area (Å²) in [5.74, 6) is 0.424. The molecule has 0 saturated heterocycles. The van der Waals surface area contributed by atoms with Crippen LogP contribution in [0.1, 0.15) is 59.3 Å². The van der Waals surface area contributed by atoms with Gasteiger partial charge in [0.15, 0.2) is 11.6 Å². The smallest absolute Gasteiger partial charge is 0.251 e. The first-order chi connectivity index (χ1) is 16.7. The molecule has 8 nitrogen and oxygen atoms in total. The van der Waals surface area contributed by atoms with E-state index < -0.39 is 0 Å². The number of hydrogen-bond donors (Lipinski definition) is 2. The lowest BCUT2D eigenvalue weighted by atomic mass is 10.0. The lowest BCUT2D eigenvalue weighted by molar-refractivity contribution is 0.0929. The van der Waals surface area contributed by atoms with E-state index in [1.165, 1.54) is 13.0 Å². The largest absolute Gasteiger partial charge is 0.490 e. The SMILES string of the molecule is CC(=O)c1nc(-c2ccc(CC(CCO)NC(=O)c3ccc(OC(C)C)c(C#N)c3)cc2)cn1C. The average Bonchev–Trinajstić information content (AvgIpc) is 3.21. The maximum absolute atomic E-state index is 12.9. The molecule has 2 aromatic carbocycles. The van der Waals surface area contributed by atoms with Crippen molar-refractivity contribution in [2.75, 3.05) is 6.61 Å². The van der Waals surface area contributed by atoms with Crippen LogP contribution in [0.5, 0.6) is 5.75 Å². The van der Waals surface area contributed by atoms with Crippen LogP contribution in [-0.4, -0.2) is 45.1 Å². The third-order valence-corrected chi connectivity index (χ3v) is 5.46. The van der Waals surface area contributed by atoms with Gasteiger partial charge in [-0.2, -0.15) is 5.26 Å². The maximum atomic E-state index is 12.9. The van der Waals surface area contributed by atoms with Crippen molar-refractivity contribution in [2.24, 2.45) is 7.05 Å². The Bertz CT molecular complexity index is 1240. The molecule has 0 saturated carbocycles. The first-order valence-electron chi connectivity index (χ1n) is 11.5. The van der Waals surface area contributed by atoms with Crippen molar-refractivity contribution in [1.82, 2.24) is 14.9 Å². The number of ketones is 1. The van der Waals surface area contributed by atoms with Gasteiger partial charge in [0.25, 0.3) is 5.91 Å². The van der Waals surface area contributed by atoms with Crippen LogP contribution in [0, 0.1) is 11.3 Å². The van der Waals surface area contributed by atoms with Crippen molar-refractivity contribution < 1.29 is 19.4 Å². The van der Waals surface area contributed by atoms with E-state index >= 15 is 0 Å². The molecular formula is C27H30N4O4. The maximum Gasteiger partial charge on any atom is 0.251 e. The Balaban J connectivity index is 1.71. The highest BCUT2D eigenvalue weighted by molar-refractivity contribution is 5.95. The molecule has 0 bridgehead atoms.